The maximum absolute atomic E-state index is 13.0. The molecule has 1 aromatic carbocycles. The number of hydrogen-bond donors (Lipinski definition) is 0. The molecule has 2 heterocycles. The Morgan fingerprint density at radius 1 is 1.40 bits per heavy atom. The Kier molecular flexibility index (Phi) is 4.83. The SMILES string of the molecule is Cc1csc([C@H]2CCCN2C(=O)c2cccc(N(C)S(C)(=O)=O)c2)n1. The third-order valence-electron chi connectivity index (χ3n) is 4.39. The molecule has 1 saturated heterocycles. The average Bonchev–Trinajstić information content (AvgIpc) is 3.21. The molecule has 3 rings (SSSR count). The number of nitrogens with zero attached hydrogens (tertiary/aromatic N) is 3. The maximum atomic E-state index is 13.0. The minimum absolute atomic E-state index is 0.00231. The van der Waals surface area contributed by atoms with Crippen LogP contribution < -0.4 is 4.31 Å². The summed E-state index contributed by atoms with van der Waals surface area (Å²) < 4.78 is 24.6. The van der Waals surface area contributed by atoms with Crippen LogP contribution in [-0.2, 0) is 10.0 Å². The van der Waals surface area contributed by atoms with Crippen LogP contribution in [-0.4, -0.2) is 44.1 Å². The average molecular weight is 380 g/mol. The molecule has 1 aliphatic heterocycles. The molecule has 1 fully saturated rings. The number of aromatic nitrogens is 1. The van der Waals surface area contributed by atoms with Crippen LogP contribution in [0.15, 0.2) is 29.6 Å². The van der Waals surface area contributed by atoms with Crippen LogP contribution in [0.1, 0.15) is 39.9 Å². The molecule has 25 heavy (non-hydrogen) atoms. The molecular weight excluding hydrogens is 358 g/mol. The quantitative estimate of drug-likeness (QED) is 0.819. The number of benzene rings is 1. The molecule has 1 aromatic heterocycles. The lowest BCUT2D eigenvalue weighted by Gasteiger charge is -2.24. The lowest BCUT2D eigenvalue weighted by atomic mass is 10.1. The molecule has 134 valence electrons. The largest absolute Gasteiger partial charge is 0.329 e. The first-order chi connectivity index (χ1) is 11.8. The Morgan fingerprint density at radius 3 is 2.80 bits per heavy atom. The lowest BCUT2D eigenvalue weighted by Crippen LogP contribution is -2.31. The topological polar surface area (TPSA) is 70.6 Å². The van der Waals surface area contributed by atoms with Gasteiger partial charge in [0.05, 0.1) is 18.0 Å². The van der Waals surface area contributed by atoms with Gasteiger partial charge in [-0.3, -0.25) is 9.10 Å². The number of carbonyl (C=O) groups is 1. The second-order valence-electron chi connectivity index (χ2n) is 6.26. The lowest BCUT2D eigenvalue weighted by molar-refractivity contribution is 0.0735. The minimum Gasteiger partial charge on any atom is -0.329 e. The van der Waals surface area contributed by atoms with E-state index in [1.54, 1.807) is 35.6 Å². The van der Waals surface area contributed by atoms with Gasteiger partial charge in [0.1, 0.15) is 5.01 Å². The molecule has 0 aliphatic carbocycles. The molecule has 1 atom stereocenters. The van der Waals surface area contributed by atoms with Crippen molar-refractivity contribution in [2.24, 2.45) is 0 Å². The Bertz CT molecular complexity index is 892. The fourth-order valence-electron chi connectivity index (χ4n) is 2.98. The van der Waals surface area contributed by atoms with Crippen molar-refractivity contribution < 1.29 is 13.2 Å². The van der Waals surface area contributed by atoms with Crippen LogP contribution in [0.5, 0.6) is 0 Å². The fraction of sp³-hybridized carbons (Fsp3) is 0.412. The number of thiazole rings is 1. The summed E-state index contributed by atoms with van der Waals surface area (Å²) in [5.74, 6) is -0.0842. The van der Waals surface area contributed by atoms with Crippen LogP contribution >= 0.6 is 11.3 Å². The van der Waals surface area contributed by atoms with E-state index in [2.05, 4.69) is 4.98 Å². The molecule has 1 aliphatic rings. The van der Waals surface area contributed by atoms with Gasteiger partial charge in [0.2, 0.25) is 10.0 Å². The first-order valence-electron chi connectivity index (χ1n) is 8.04. The van der Waals surface area contributed by atoms with Gasteiger partial charge in [-0.2, -0.15) is 0 Å². The van der Waals surface area contributed by atoms with Crippen LogP contribution in [0.4, 0.5) is 5.69 Å². The second-order valence-corrected chi connectivity index (χ2v) is 9.17. The van der Waals surface area contributed by atoms with E-state index in [9.17, 15) is 13.2 Å². The number of rotatable bonds is 4. The molecule has 0 radical (unpaired) electrons. The van der Waals surface area contributed by atoms with Crippen molar-refractivity contribution in [2.75, 3.05) is 24.2 Å². The van der Waals surface area contributed by atoms with E-state index in [0.29, 0.717) is 17.8 Å². The van der Waals surface area contributed by atoms with Gasteiger partial charge in [-0.15, -0.1) is 11.3 Å². The van der Waals surface area contributed by atoms with Crippen molar-refractivity contribution in [3.05, 3.63) is 45.9 Å². The van der Waals surface area contributed by atoms with Crippen molar-refractivity contribution in [2.45, 2.75) is 25.8 Å². The standard InChI is InChI=1S/C17H21N3O3S2/c1-12-11-24-16(18-12)15-8-5-9-20(15)17(21)13-6-4-7-14(10-13)19(2)25(3,22)23/h4,6-7,10-11,15H,5,8-9H2,1-3H3/t15-/m1/s1. The molecule has 2 aromatic rings. The summed E-state index contributed by atoms with van der Waals surface area (Å²) in [5, 5.41) is 2.96. The Morgan fingerprint density at radius 2 is 2.16 bits per heavy atom. The highest BCUT2D eigenvalue weighted by atomic mass is 32.2. The van der Waals surface area contributed by atoms with Crippen molar-refractivity contribution in [3.8, 4) is 0 Å². The zero-order valence-electron chi connectivity index (χ0n) is 14.5. The number of sulfonamides is 1. The van der Waals surface area contributed by atoms with E-state index >= 15 is 0 Å². The predicted octanol–water partition coefficient (Wildman–Crippen LogP) is 2.82. The smallest absolute Gasteiger partial charge is 0.254 e. The first-order valence-corrected chi connectivity index (χ1v) is 10.8. The number of anilines is 1. The van der Waals surface area contributed by atoms with Gasteiger partial charge in [-0.25, -0.2) is 13.4 Å². The number of aryl methyl sites for hydroxylation is 1. The van der Waals surface area contributed by atoms with E-state index in [-0.39, 0.29) is 11.9 Å². The second kappa shape index (κ2) is 6.76. The summed E-state index contributed by atoms with van der Waals surface area (Å²) in [6.07, 6.45) is 2.99. The van der Waals surface area contributed by atoms with Crippen LogP contribution in [0.3, 0.4) is 0 Å². The summed E-state index contributed by atoms with van der Waals surface area (Å²) in [6.45, 7) is 2.64. The zero-order valence-corrected chi connectivity index (χ0v) is 16.1. The molecule has 6 nitrogen and oxygen atoms in total. The van der Waals surface area contributed by atoms with Gasteiger partial charge in [-0.1, -0.05) is 6.07 Å². The summed E-state index contributed by atoms with van der Waals surface area (Å²) in [6, 6.07) is 6.75. The van der Waals surface area contributed by atoms with Gasteiger partial charge in [0, 0.05) is 30.2 Å². The van der Waals surface area contributed by atoms with Gasteiger partial charge in [-0.05, 0) is 38.0 Å². The van der Waals surface area contributed by atoms with E-state index in [4.69, 9.17) is 0 Å². The zero-order chi connectivity index (χ0) is 18.2. The van der Waals surface area contributed by atoms with Gasteiger partial charge in [0.15, 0.2) is 0 Å². The van der Waals surface area contributed by atoms with Crippen LogP contribution in [0.2, 0.25) is 0 Å². The highest BCUT2D eigenvalue weighted by molar-refractivity contribution is 7.92. The number of hydrogen-bond acceptors (Lipinski definition) is 5. The molecule has 0 saturated carbocycles. The van der Waals surface area contributed by atoms with Gasteiger partial charge < -0.3 is 4.90 Å². The van der Waals surface area contributed by atoms with Crippen LogP contribution in [0, 0.1) is 6.92 Å². The minimum atomic E-state index is -3.37. The van der Waals surface area contributed by atoms with Crippen molar-refractivity contribution >= 4 is 33.0 Å². The number of carbonyl (C=O) groups excluding carboxylic acids is 1. The fourth-order valence-corrected chi connectivity index (χ4v) is 4.42. The van der Waals surface area contributed by atoms with Gasteiger partial charge in [0.25, 0.3) is 5.91 Å². The maximum Gasteiger partial charge on any atom is 0.254 e. The number of likely N-dealkylation sites (tertiary alicyclic amines) is 1. The number of amides is 1. The molecule has 8 heteroatoms. The molecule has 1 amide bonds. The van der Waals surface area contributed by atoms with Crippen molar-refractivity contribution in [3.63, 3.8) is 0 Å². The van der Waals surface area contributed by atoms with Crippen LogP contribution in [0.25, 0.3) is 0 Å². The highest BCUT2D eigenvalue weighted by Crippen LogP contribution is 2.35. The first kappa shape index (κ1) is 17.9. The predicted molar refractivity (Wildman–Crippen MR) is 99.6 cm³/mol. The molecule has 0 N–H and O–H groups in total. The van der Waals surface area contributed by atoms with E-state index in [0.717, 1.165) is 29.8 Å². The van der Waals surface area contributed by atoms with E-state index in [1.165, 1.54) is 11.4 Å². The molecular formula is C17H21N3O3S2. The van der Waals surface area contributed by atoms with E-state index in [1.807, 2.05) is 17.2 Å². The Balaban J connectivity index is 1.88. The third-order valence-corrected chi connectivity index (χ3v) is 6.66. The normalized spacial score (nSPS) is 17.7. The summed E-state index contributed by atoms with van der Waals surface area (Å²) in [5.41, 5.74) is 1.94. The summed E-state index contributed by atoms with van der Waals surface area (Å²) >= 11 is 1.58. The monoisotopic (exact) mass is 379 g/mol. The van der Waals surface area contributed by atoms with E-state index < -0.39 is 10.0 Å². The third kappa shape index (κ3) is 3.69. The highest BCUT2D eigenvalue weighted by Gasteiger charge is 2.32. The molecule has 0 bridgehead atoms. The van der Waals surface area contributed by atoms with Crippen molar-refractivity contribution in [1.29, 1.82) is 0 Å². The Hall–Kier alpha value is -1.93. The summed E-state index contributed by atoms with van der Waals surface area (Å²) in [4.78, 5) is 19.4. The Labute approximate surface area is 152 Å². The van der Waals surface area contributed by atoms with Gasteiger partial charge >= 0.3 is 0 Å². The molecule has 0 unspecified atom stereocenters. The summed E-state index contributed by atoms with van der Waals surface area (Å²) in [7, 11) is -1.89. The molecule has 0 spiro atoms. The van der Waals surface area contributed by atoms with Crippen molar-refractivity contribution in [1.82, 2.24) is 9.88 Å².